The van der Waals surface area contributed by atoms with Gasteiger partial charge in [-0.2, -0.15) is 0 Å². The van der Waals surface area contributed by atoms with Gasteiger partial charge in [0.1, 0.15) is 0 Å². The molecule has 1 aromatic carbocycles. The summed E-state index contributed by atoms with van der Waals surface area (Å²) in [7, 11) is -3.66. The molecule has 4 nitrogen and oxygen atoms in total. The number of nitrogens with one attached hydrogen (secondary N) is 1. The van der Waals surface area contributed by atoms with Crippen molar-refractivity contribution in [1.82, 2.24) is 0 Å². The van der Waals surface area contributed by atoms with E-state index >= 15 is 0 Å². The SMILES string of the molecule is CC(=N)c1cccc(S(N)(=O)=O)c1. The Balaban J connectivity index is 3.29. The van der Waals surface area contributed by atoms with E-state index in [-0.39, 0.29) is 4.90 Å². The van der Waals surface area contributed by atoms with Gasteiger partial charge < -0.3 is 5.41 Å². The van der Waals surface area contributed by atoms with Gasteiger partial charge in [-0.15, -0.1) is 0 Å². The lowest BCUT2D eigenvalue weighted by molar-refractivity contribution is 0.598. The van der Waals surface area contributed by atoms with Gasteiger partial charge in [-0.25, -0.2) is 13.6 Å². The minimum atomic E-state index is -3.66. The van der Waals surface area contributed by atoms with Gasteiger partial charge >= 0.3 is 0 Å². The fourth-order valence-electron chi connectivity index (χ4n) is 0.906. The summed E-state index contributed by atoms with van der Waals surface area (Å²) >= 11 is 0. The molecule has 0 spiro atoms. The van der Waals surface area contributed by atoms with Crippen LogP contribution < -0.4 is 5.14 Å². The third-order valence-electron chi connectivity index (χ3n) is 1.60. The van der Waals surface area contributed by atoms with Crippen molar-refractivity contribution in [2.75, 3.05) is 0 Å². The van der Waals surface area contributed by atoms with Crippen molar-refractivity contribution in [2.24, 2.45) is 5.14 Å². The van der Waals surface area contributed by atoms with E-state index < -0.39 is 10.0 Å². The predicted molar refractivity (Wildman–Crippen MR) is 50.3 cm³/mol. The molecule has 1 rings (SSSR count). The molecular weight excluding hydrogens is 188 g/mol. The van der Waals surface area contributed by atoms with Crippen LogP contribution in [0.2, 0.25) is 0 Å². The monoisotopic (exact) mass is 198 g/mol. The van der Waals surface area contributed by atoms with Crippen molar-refractivity contribution in [3.05, 3.63) is 29.8 Å². The fraction of sp³-hybridized carbons (Fsp3) is 0.125. The first-order valence-electron chi connectivity index (χ1n) is 3.59. The molecule has 13 heavy (non-hydrogen) atoms. The predicted octanol–water partition coefficient (Wildman–Crippen LogP) is 0.722. The number of hydrogen-bond donors (Lipinski definition) is 2. The number of nitrogens with two attached hydrogens (primary N) is 1. The van der Waals surface area contributed by atoms with Crippen molar-refractivity contribution >= 4 is 15.7 Å². The Labute approximate surface area is 76.9 Å². The second-order valence-corrected chi connectivity index (χ2v) is 4.26. The van der Waals surface area contributed by atoms with E-state index in [2.05, 4.69) is 0 Å². The van der Waals surface area contributed by atoms with Gasteiger partial charge in [-0.1, -0.05) is 12.1 Å². The van der Waals surface area contributed by atoms with Crippen LogP contribution in [0.25, 0.3) is 0 Å². The normalized spacial score (nSPS) is 11.2. The van der Waals surface area contributed by atoms with Crippen molar-refractivity contribution < 1.29 is 8.42 Å². The van der Waals surface area contributed by atoms with E-state index in [4.69, 9.17) is 10.5 Å². The van der Waals surface area contributed by atoms with Crippen molar-refractivity contribution in [3.63, 3.8) is 0 Å². The fourth-order valence-corrected chi connectivity index (χ4v) is 1.47. The first kappa shape index (κ1) is 9.88. The summed E-state index contributed by atoms with van der Waals surface area (Å²) in [6.45, 7) is 1.59. The Hall–Kier alpha value is -1.20. The molecule has 0 saturated heterocycles. The Morgan fingerprint density at radius 1 is 1.46 bits per heavy atom. The van der Waals surface area contributed by atoms with Crippen LogP contribution >= 0.6 is 0 Å². The topological polar surface area (TPSA) is 84.0 Å². The first-order chi connectivity index (χ1) is 5.91. The lowest BCUT2D eigenvalue weighted by Crippen LogP contribution is -2.12. The molecule has 0 aliphatic rings. The molecule has 0 aromatic heterocycles. The van der Waals surface area contributed by atoms with Crippen LogP contribution in [0.15, 0.2) is 29.2 Å². The summed E-state index contributed by atoms with van der Waals surface area (Å²) < 4.78 is 21.8. The summed E-state index contributed by atoms with van der Waals surface area (Å²) in [5.74, 6) is 0. The lowest BCUT2D eigenvalue weighted by Gasteiger charge is -2.00. The average Bonchev–Trinajstić information content (AvgIpc) is 2.03. The van der Waals surface area contributed by atoms with Gasteiger partial charge in [0.2, 0.25) is 10.0 Å². The standard InChI is InChI=1S/C8H10N2O2S/c1-6(9)7-3-2-4-8(5-7)13(10,11)12/h2-5,9H,1H3,(H2,10,11,12). The molecule has 3 N–H and O–H groups in total. The summed E-state index contributed by atoms with van der Waals surface area (Å²) in [6, 6.07) is 6.02. The maximum absolute atomic E-state index is 10.9. The molecular formula is C8H10N2O2S. The van der Waals surface area contributed by atoms with E-state index in [1.54, 1.807) is 19.1 Å². The molecule has 0 radical (unpaired) electrons. The van der Waals surface area contributed by atoms with Crippen molar-refractivity contribution in [1.29, 1.82) is 5.41 Å². The van der Waals surface area contributed by atoms with E-state index in [0.29, 0.717) is 11.3 Å². The van der Waals surface area contributed by atoms with Crippen LogP contribution in [0.3, 0.4) is 0 Å². The maximum Gasteiger partial charge on any atom is 0.238 e. The highest BCUT2D eigenvalue weighted by molar-refractivity contribution is 7.89. The second-order valence-electron chi connectivity index (χ2n) is 2.70. The van der Waals surface area contributed by atoms with E-state index in [1.807, 2.05) is 0 Å². The lowest BCUT2D eigenvalue weighted by atomic mass is 10.1. The largest absolute Gasteiger partial charge is 0.305 e. The van der Waals surface area contributed by atoms with Gasteiger partial charge in [-0.05, 0) is 24.6 Å². The second kappa shape index (κ2) is 3.27. The molecule has 1 aromatic rings. The number of benzene rings is 1. The minimum Gasteiger partial charge on any atom is -0.305 e. The summed E-state index contributed by atoms with van der Waals surface area (Å²) in [5.41, 5.74) is 0.872. The first-order valence-corrected chi connectivity index (χ1v) is 5.14. The summed E-state index contributed by atoms with van der Waals surface area (Å²) in [5, 5.41) is 12.2. The highest BCUT2D eigenvalue weighted by Gasteiger charge is 2.07. The highest BCUT2D eigenvalue weighted by Crippen LogP contribution is 2.09. The highest BCUT2D eigenvalue weighted by atomic mass is 32.2. The van der Waals surface area contributed by atoms with Crippen LogP contribution in [-0.2, 0) is 10.0 Å². The summed E-state index contributed by atoms with van der Waals surface area (Å²) in [6.07, 6.45) is 0. The molecule has 0 aliphatic heterocycles. The van der Waals surface area contributed by atoms with Gasteiger partial charge in [0.15, 0.2) is 0 Å². The van der Waals surface area contributed by atoms with Gasteiger partial charge in [0.05, 0.1) is 4.90 Å². The molecule has 0 bridgehead atoms. The minimum absolute atomic E-state index is 0.0385. The van der Waals surface area contributed by atoms with Crippen LogP contribution in [0.4, 0.5) is 0 Å². The Morgan fingerprint density at radius 3 is 2.54 bits per heavy atom. The van der Waals surface area contributed by atoms with Crippen LogP contribution in [0, 0.1) is 5.41 Å². The summed E-state index contributed by atoms with van der Waals surface area (Å²) in [4.78, 5) is 0.0385. The molecule has 0 amide bonds. The maximum atomic E-state index is 10.9. The van der Waals surface area contributed by atoms with Crippen LogP contribution in [0.5, 0.6) is 0 Å². The number of sulfonamides is 1. The molecule has 0 fully saturated rings. The molecule has 0 aliphatic carbocycles. The molecule has 0 saturated carbocycles. The third-order valence-corrected chi connectivity index (χ3v) is 2.51. The number of primary sulfonamides is 1. The molecule has 5 heteroatoms. The Morgan fingerprint density at radius 2 is 2.08 bits per heavy atom. The van der Waals surface area contributed by atoms with Crippen molar-refractivity contribution in [3.8, 4) is 0 Å². The van der Waals surface area contributed by atoms with E-state index in [1.165, 1.54) is 12.1 Å². The van der Waals surface area contributed by atoms with Crippen LogP contribution in [0.1, 0.15) is 12.5 Å². The van der Waals surface area contributed by atoms with E-state index in [9.17, 15) is 8.42 Å². The molecule has 0 heterocycles. The molecule has 0 unspecified atom stereocenters. The van der Waals surface area contributed by atoms with E-state index in [0.717, 1.165) is 0 Å². The van der Waals surface area contributed by atoms with Crippen LogP contribution in [-0.4, -0.2) is 14.1 Å². The third kappa shape index (κ3) is 2.37. The molecule has 70 valence electrons. The zero-order valence-electron chi connectivity index (χ0n) is 7.11. The van der Waals surface area contributed by atoms with Gasteiger partial charge in [0.25, 0.3) is 0 Å². The molecule has 0 atom stereocenters. The Bertz CT molecular complexity index is 437. The van der Waals surface area contributed by atoms with Gasteiger partial charge in [0, 0.05) is 5.71 Å². The zero-order chi connectivity index (χ0) is 10.1. The average molecular weight is 198 g/mol. The Kier molecular flexibility index (Phi) is 2.49. The smallest absolute Gasteiger partial charge is 0.238 e. The zero-order valence-corrected chi connectivity index (χ0v) is 7.93. The van der Waals surface area contributed by atoms with Gasteiger partial charge in [-0.3, -0.25) is 0 Å². The number of hydrogen-bond acceptors (Lipinski definition) is 3. The number of rotatable bonds is 2. The van der Waals surface area contributed by atoms with Crippen molar-refractivity contribution in [2.45, 2.75) is 11.8 Å². The quantitative estimate of drug-likeness (QED) is 0.686.